The molecule has 7 heteroatoms. The molecule has 1 unspecified atom stereocenters. The maximum absolute atomic E-state index is 11.6. The van der Waals surface area contributed by atoms with Crippen LogP contribution in [0.15, 0.2) is 18.2 Å². The monoisotopic (exact) mass is 295 g/mol. The number of carbonyl (C=O) groups is 1. The number of nitro groups is 1. The number of nitrogens with zero attached hydrogens (tertiary/aromatic N) is 1. The molecule has 1 amide bonds. The lowest BCUT2D eigenvalue weighted by Crippen LogP contribution is -2.36. The number of ether oxygens (including phenoxy) is 1. The van der Waals surface area contributed by atoms with Gasteiger partial charge < -0.3 is 15.8 Å². The molecule has 0 saturated carbocycles. The van der Waals surface area contributed by atoms with Gasteiger partial charge in [-0.15, -0.1) is 0 Å². The van der Waals surface area contributed by atoms with E-state index in [1.54, 1.807) is 45.9 Å². The van der Waals surface area contributed by atoms with Gasteiger partial charge in [0.25, 0.3) is 5.69 Å². The first-order chi connectivity index (χ1) is 9.61. The van der Waals surface area contributed by atoms with E-state index >= 15 is 0 Å². The number of hydrogen-bond donors (Lipinski definition) is 2. The molecule has 1 rings (SSSR count). The van der Waals surface area contributed by atoms with E-state index in [4.69, 9.17) is 10.5 Å². The van der Waals surface area contributed by atoms with Crippen LogP contribution in [0.3, 0.4) is 0 Å². The van der Waals surface area contributed by atoms with Crippen LogP contribution in [-0.4, -0.2) is 23.2 Å². The van der Waals surface area contributed by atoms with Gasteiger partial charge >= 0.3 is 6.09 Å². The number of nitrogens with one attached hydrogen (secondary N) is 1. The largest absolute Gasteiger partial charge is 0.444 e. The van der Waals surface area contributed by atoms with Gasteiger partial charge in [-0.05, 0) is 27.7 Å². The number of amides is 1. The van der Waals surface area contributed by atoms with E-state index in [2.05, 4.69) is 5.32 Å². The summed E-state index contributed by atoms with van der Waals surface area (Å²) in [5, 5.41) is 13.6. The van der Waals surface area contributed by atoms with E-state index in [1.807, 2.05) is 0 Å². The Morgan fingerprint density at radius 3 is 2.62 bits per heavy atom. The molecule has 0 heterocycles. The van der Waals surface area contributed by atoms with Gasteiger partial charge in [0.2, 0.25) is 0 Å². The van der Waals surface area contributed by atoms with E-state index in [-0.39, 0.29) is 12.2 Å². The second-order valence-corrected chi connectivity index (χ2v) is 5.76. The molecule has 116 valence electrons. The maximum Gasteiger partial charge on any atom is 0.407 e. The molecular formula is C14H21N3O4. The van der Waals surface area contributed by atoms with Crippen LogP contribution >= 0.6 is 0 Å². The molecule has 21 heavy (non-hydrogen) atoms. The van der Waals surface area contributed by atoms with Crippen molar-refractivity contribution in [2.24, 2.45) is 5.73 Å². The summed E-state index contributed by atoms with van der Waals surface area (Å²) in [6.07, 6.45) is -0.603. The molecule has 3 N–H and O–H groups in total. The Bertz CT molecular complexity index is 538. The molecule has 0 saturated heterocycles. The zero-order valence-corrected chi connectivity index (χ0v) is 12.7. The van der Waals surface area contributed by atoms with Crippen LogP contribution in [0.5, 0.6) is 0 Å². The molecule has 0 aliphatic carbocycles. The molecule has 0 spiro atoms. The van der Waals surface area contributed by atoms with Gasteiger partial charge in [-0.2, -0.15) is 0 Å². The van der Waals surface area contributed by atoms with Crippen molar-refractivity contribution >= 4 is 11.8 Å². The molecule has 0 aliphatic rings. The number of carbonyl (C=O) groups excluding carboxylic acids is 1. The number of aryl methyl sites for hydroxylation is 1. The minimum atomic E-state index is -0.683. The van der Waals surface area contributed by atoms with Crippen LogP contribution in [0.2, 0.25) is 0 Å². The lowest BCUT2D eigenvalue weighted by Gasteiger charge is -2.21. The predicted molar refractivity (Wildman–Crippen MR) is 79.0 cm³/mol. The van der Waals surface area contributed by atoms with Crippen LogP contribution < -0.4 is 11.1 Å². The summed E-state index contributed by atoms with van der Waals surface area (Å²) in [4.78, 5) is 22.2. The van der Waals surface area contributed by atoms with E-state index in [0.717, 1.165) is 0 Å². The van der Waals surface area contributed by atoms with Gasteiger partial charge in [-0.25, -0.2) is 4.79 Å². The van der Waals surface area contributed by atoms with Crippen LogP contribution in [0, 0.1) is 17.0 Å². The maximum atomic E-state index is 11.6. The third-order valence-electron chi connectivity index (χ3n) is 2.72. The fourth-order valence-electron chi connectivity index (χ4n) is 1.85. The zero-order chi connectivity index (χ0) is 16.2. The Hall–Kier alpha value is -2.15. The van der Waals surface area contributed by atoms with E-state index in [1.165, 1.54) is 0 Å². The van der Waals surface area contributed by atoms with Crippen LogP contribution in [0.25, 0.3) is 0 Å². The SMILES string of the molecule is Cc1cccc(C(N)CNC(=O)OC(C)(C)C)c1[N+](=O)[O-]. The molecular weight excluding hydrogens is 274 g/mol. The molecule has 1 atom stereocenters. The highest BCUT2D eigenvalue weighted by Crippen LogP contribution is 2.27. The van der Waals surface area contributed by atoms with Crippen molar-refractivity contribution in [2.75, 3.05) is 6.54 Å². The Morgan fingerprint density at radius 2 is 2.10 bits per heavy atom. The van der Waals surface area contributed by atoms with Crippen molar-refractivity contribution in [3.63, 3.8) is 0 Å². The van der Waals surface area contributed by atoms with E-state index in [0.29, 0.717) is 11.1 Å². The van der Waals surface area contributed by atoms with Crippen LogP contribution in [0.1, 0.15) is 37.9 Å². The number of nitro benzene ring substituents is 1. The Balaban J connectivity index is 2.77. The average molecular weight is 295 g/mol. The van der Waals surface area contributed by atoms with Gasteiger partial charge in [-0.1, -0.05) is 18.2 Å². The summed E-state index contributed by atoms with van der Waals surface area (Å²) >= 11 is 0. The minimum Gasteiger partial charge on any atom is -0.444 e. The van der Waals surface area contributed by atoms with E-state index < -0.39 is 22.7 Å². The number of nitrogens with two attached hydrogens (primary N) is 1. The molecule has 1 aromatic rings. The summed E-state index contributed by atoms with van der Waals surface area (Å²) in [6, 6.07) is 4.26. The van der Waals surface area contributed by atoms with E-state index in [9.17, 15) is 14.9 Å². The Labute approximate surface area is 123 Å². The fraction of sp³-hybridized carbons (Fsp3) is 0.500. The molecule has 0 fully saturated rings. The van der Waals surface area contributed by atoms with Crippen LogP contribution in [0.4, 0.5) is 10.5 Å². The van der Waals surface area contributed by atoms with Crippen molar-refractivity contribution in [3.05, 3.63) is 39.4 Å². The van der Waals surface area contributed by atoms with Crippen molar-refractivity contribution in [3.8, 4) is 0 Å². The summed E-state index contributed by atoms with van der Waals surface area (Å²) in [5.74, 6) is 0. The second-order valence-electron chi connectivity index (χ2n) is 5.76. The fourth-order valence-corrected chi connectivity index (χ4v) is 1.85. The first-order valence-corrected chi connectivity index (χ1v) is 6.58. The highest BCUT2D eigenvalue weighted by Gasteiger charge is 2.23. The number of alkyl carbamates (subject to hydrolysis) is 1. The predicted octanol–water partition coefficient (Wildman–Crippen LogP) is 2.43. The van der Waals surface area contributed by atoms with Crippen LogP contribution in [-0.2, 0) is 4.74 Å². The van der Waals surface area contributed by atoms with Gasteiger partial charge in [-0.3, -0.25) is 10.1 Å². The van der Waals surface area contributed by atoms with Gasteiger partial charge in [0.05, 0.1) is 11.0 Å². The third-order valence-corrected chi connectivity index (χ3v) is 2.72. The zero-order valence-electron chi connectivity index (χ0n) is 12.7. The van der Waals surface area contributed by atoms with Gasteiger partial charge in [0, 0.05) is 17.7 Å². The molecule has 0 radical (unpaired) electrons. The van der Waals surface area contributed by atoms with Crippen molar-refractivity contribution in [1.29, 1.82) is 0 Å². The normalized spacial score (nSPS) is 12.6. The smallest absolute Gasteiger partial charge is 0.407 e. The lowest BCUT2D eigenvalue weighted by atomic mass is 10.0. The van der Waals surface area contributed by atoms with Crippen molar-refractivity contribution < 1.29 is 14.5 Å². The summed E-state index contributed by atoms with van der Waals surface area (Å²) in [7, 11) is 0. The lowest BCUT2D eigenvalue weighted by molar-refractivity contribution is -0.386. The Kier molecular flexibility index (Phi) is 5.26. The number of benzene rings is 1. The topological polar surface area (TPSA) is 107 Å². The van der Waals surface area contributed by atoms with Crippen molar-refractivity contribution in [2.45, 2.75) is 39.3 Å². The Morgan fingerprint density at radius 1 is 1.48 bits per heavy atom. The summed E-state index contributed by atoms with van der Waals surface area (Å²) in [5.41, 5.74) is 6.23. The number of para-hydroxylation sites is 1. The molecule has 0 bridgehead atoms. The highest BCUT2D eigenvalue weighted by atomic mass is 16.6. The molecule has 1 aromatic carbocycles. The standard InChI is InChI=1S/C14H21N3O4/c1-9-6-5-7-10(12(9)17(19)20)11(15)8-16-13(18)21-14(2,3)4/h5-7,11H,8,15H2,1-4H3,(H,16,18). The number of hydrogen-bond acceptors (Lipinski definition) is 5. The molecule has 0 aromatic heterocycles. The second kappa shape index (κ2) is 6.53. The quantitative estimate of drug-likeness (QED) is 0.655. The van der Waals surface area contributed by atoms with Crippen molar-refractivity contribution in [1.82, 2.24) is 5.32 Å². The average Bonchev–Trinajstić information content (AvgIpc) is 2.33. The van der Waals surface area contributed by atoms with Gasteiger partial charge in [0.15, 0.2) is 0 Å². The minimum absolute atomic E-state index is 0.0176. The molecule has 7 nitrogen and oxygen atoms in total. The highest BCUT2D eigenvalue weighted by molar-refractivity contribution is 5.67. The third kappa shape index (κ3) is 5.03. The number of rotatable bonds is 4. The summed E-state index contributed by atoms with van der Waals surface area (Å²) < 4.78 is 5.09. The first-order valence-electron chi connectivity index (χ1n) is 6.58. The summed E-state index contributed by atoms with van der Waals surface area (Å²) in [6.45, 7) is 6.95. The van der Waals surface area contributed by atoms with Gasteiger partial charge in [0.1, 0.15) is 5.60 Å². The first kappa shape index (κ1) is 16.9. The molecule has 0 aliphatic heterocycles.